The zero-order chi connectivity index (χ0) is 51.0. The van der Waals surface area contributed by atoms with E-state index in [-0.39, 0.29) is 74.2 Å². The predicted octanol–water partition coefficient (Wildman–Crippen LogP) is 5.80. The number of sulfone groups is 1. The molecule has 1 unspecified atom stereocenters. The number of rotatable bonds is 17. The molecular formula is C52H55ClFN7O10S. The first-order chi connectivity index (χ1) is 34.5. The van der Waals surface area contributed by atoms with E-state index >= 15 is 0 Å². The molecule has 3 aliphatic heterocycles. The lowest BCUT2D eigenvalue weighted by molar-refractivity contribution is -0.137. The SMILES string of the molecule is Cc1nn(C)c(C)c1-c1c(Cl)ccc2c(CCCOc3cccc4cc(F)ccc34)c(C(=O)OCCS(C)(=O)=O)n(CCN3CCN(C(=O)COc4cccc5c4CN(C4CCC(=O)NC4=O)C5=O)CC3)c12. The fourth-order valence-corrected chi connectivity index (χ4v) is 10.7. The third-order valence-electron chi connectivity index (χ3n) is 13.8. The number of ether oxygens (including phenoxy) is 3. The number of hydrogen-bond acceptors (Lipinski definition) is 12. The van der Waals surface area contributed by atoms with Crippen LogP contribution in [0, 0.1) is 19.7 Å². The van der Waals surface area contributed by atoms with Gasteiger partial charge in [0.25, 0.3) is 11.8 Å². The van der Waals surface area contributed by atoms with Gasteiger partial charge in [-0.25, -0.2) is 17.6 Å². The second-order valence-corrected chi connectivity index (χ2v) is 21.2. The molecule has 0 aliphatic carbocycles. The molecule has 4 amide bonds. The zero-order valence-electron chi connectivity index (χ0n) is 40.5. The molecular weight excluding hydrogens is 969 g/mol. The number of piperidine rings is 1. The second-order valence-electron chi connectivity index (χ2n) is 18.5. The Bertz CT molecular complexity index is 3270. The maximum atomic E-state index is 14.5. The zero-order valence-corrected chi connectivity index (χ0v) is 42.0. The summed E-state index contributed by atoms with van der Waals surface area (Å²) in [7, 11) is -1.60. The first kappa shape index (κ1) is 50.1. The number of halogens is 2. The molecule has 17 nitrogen and oxygen atoms in total. The Hall–Kier alpha value is -6.83. The quantitative estimate of drug-likeness (QED) is 0.0658. The van der Waals surface area contributed by atoms with E-state index in [4.69, 9.17) is 30.9 Å². The Morgan fingerprint density at radius 3 is 2.39 bits per heavy atom. The molecule has 0 radical (unpaired) electrons. The van der Waals surface area contributed by atoms with Crippen molar-refractivity contribution in [3.8, 4) is 22.6 Å². The maximum Gasteiger partial charge on any atom is 0.355 e. The van der Waals surface area contributed by atoms with Gasteiger partial charge >= 0.3 is 5.97 Å². The van der Waals surface area contributed by atoms with Crippen LogP contribution in [0.4, 0.5) is 4.39 Å². The van der Waals surface area contributed by atoms with Crippen molar-refractivity contribution in [2.45, 2.75) is 58.7 Å². The summed E-state index contributed by atoms with van der Waals surface area (Å²) >= 11 is 7.16. The molecule has 378 valence electrons. The van der Waals surface area contributed by atoms with Gasteiger partial charge in [-0.3, -0.25) is 34.1 Å². The summed E-state index contributed by atoms with van der Waals surface area (Å²) in [5.74, 6) is -1.88. The van der Waals surface area contributed by atoms with Crippen LogP contribution in [-0.4, -0.2) is 138 Å². The molecule has 2 fully saturated rings. The van der Waals surface area contributed by atoms with Gasteiger partial charge in [0.1, 0.15) is 35.7 Å². The number of hydrogen-bond donors (Lipinski definition) is 1. The van der Waals surface area contributed by atoms with Crippen molar-refractivity contribution >= 4 is 72.7 Å². The number of piperazine rings is 1. The normalized spacial score (nSPS) is 16.4. The van der Waals surface area contributed by atoms with Crippen molar-refractivity contribution in [3.63, 3.8) is 0 Å². The van der Waals surface area contributed by atoms with Crippen LogP contribution in [0.25, 0.3) is 32.8 Å². The fraction of sp³-hybridized carbons (Fsp3) is 0.385. The molecule has 5 heterocycles. The summed E-state index contributed by atoms with van der Waals surface area (Å²) < 4.78 is 60.2. The minimum Gasteiger partial charge on any atom is -0.493 e. The van der Waals surface area contributed by atoms with Gasteiger partial charge in [0.2, 0.25) is 11.8 Å². The van der Waals surface area contributed by atoms with Gasteiger partial charge in [0.15, 0.2) is 16.4 Å². The molecule has 72 heavy (non-hydrogen) atoms. The maximum absolute atomic E-state index is 14.5. The monoisotopic (exact) mass is 1020 g/mol. The Balaban J connectivity index is 0.942. The van der Waals surface area contributed by atoms with Gasteiger partial charge in [-0.2, -0.15) is 5.10 Å². The summed E-state index contributed by atoms with van der Waals surface area (Å²) in [5, 5.41) is 9.69. The molecule has 20 heteroatoms. The Kier molecular flexibility index (Phi) is 14.4. The number of aromatic nitrogens is 3. The number of nitrogens with zero attached hydrogens (tertiary/aromatic N) is 6. The van der Waals surface area contributed by atoms with Gasteiger partial charge in [0.05, 0.1) is 35.1 Å². The van der Waals surface area contributed by atoms with Gasteiger partial charge in [-0.05, 0) is 86.5 Å². The molecule has 6 aromatic rings. The molecule has 0 spiro atoms. The molecule has 1 N–H and O–H groups in total. The van der Waals surface area contributed by atoms with Crippen LogP contribution in [0.5, 0.6) is 11.5 Å². The summed E-state index contributed by atoms with van der Waals surface area (Å²) in [6.07, 6.45) is 2.28. The van der Waals surface area contributed by atoms with E-state index in [0.717, 1.165) is 34.0 Å². The van der Waals surface area contributed by atoms with Crippen LogP contribution in [0.15, 0.2) is 66.7 Å². The lowest BCUT2D eigenvalue weighted by Gasteiger charge is -2.35. The molecule has 2 saturated heterocycles. The average molecular weight is 1020 g/mol. The van der Waals surface area contributed by atoms with Crippen molar-refractivity contribution in [2.75, 3.05) is 64.6 Å². The van der Waals surface area contributed by atoms with Crippen LogP contribution in [-0.2, 0) is 55.5 Å². The molecule has 0 saturated carbocycles. The fourth-order valence-electron chi connectivity index (χ4n) is 10.1. The van der Waals surface area contributed by atoms with Crippen molar-refractivity contribution in [3.05, 3.63) is 111 Å². The molecule has 3 aliphatic rings. The highest BCUT2D eigenvalue weighted by atomic mass is 35.5. The number of imide groups is 1. The number of amides is 4. The van der Waals surface area contributed by atoms with Gasteiger partial charge in [0, 0.05) is 97.7 Å². The summed E-state index contributed by atoms with van der Waals surface area (Å²) in [4.78, 5) is 71.2. The van der Waals surface area contributed by atoms with E-state index in [1.54, 1.807) is 39.9 Å². The number of carbonyl (C=O) groups excluding carboxylic acids is 5. The molecule has 1 atom stereocenters. The van der Waals surface area contributed by atoms with Gasteiger partial charge < -0.3 is 28.6 Å². The standard InChI is InChI=1S/C52H55ClFN7O10S/c1-31-46(32(2)57(3)56-31)47-40(53)16-15-37-36(10-7-25-69-42-11-5-8-33-28-34(54)13-14-35(33)42)49(52(66)70-26-27-72(4,67)68)60(48(37)47)24-21-58-19-22-59(23-20-58)45(63)30-71-43-12-6-9-38-39(43)29-61(51(38)65)41-17-18-44(62)55-50(41)64/h5-6,8-9,11-16,28,41H,7,10,17-27,29-30H2,1-4H3,(H,55,62,64). The molecule has 2 aromatic heterocycles. The number of aryl methyl sites for hydroxylation is 3. The molecule has 0 bridgehead atoms. The molecule has 4 aromatic carbocycles. The van der Waals surface area contributed by atoms with Crippen molar-refractivity contribution in [1.29, 1.82) is 0 Å². The van der Waals surface area contributed by atoms with Crippen LogP contribution < -0.4 is 14.8 Å². The van der Waals surface area contributed by atoms with E-state index in [0.29, 0.717) is 102 Å². The van der Waals surface area contributed by atoms with E-state index in [1.807, 2.05) is 49.7 Å². The Morgan fingerprint density at radius 1 is 0.903 bits per heavy atom. The number of fused-ring (bicyclic) bond motifs is 3. The number of esters is 1. The summed E-state index contributed by atoms with van der Waals surface area (Å²) in [5.41, 5.74) is 5.73. The topological polar surface area (TPSA) is 192 Å². The number of carbonyl (C=O) groups is 5. The van der Waals surface area contributed by atoms with Crippen LogP contribution in [0.3, 0.4) is 0 Å². The lowest BCUT2D eigenvalue weighted by atomic mass is 9.98. The van der Waals surface area contributed by atoms with Gasteiger partial charge in [-0.1, -0.05) is 35.9 Å². The summed E-state index contributed by atoms with van der Waals surface area (Å²) in [6, 6.07) is 17.9. The third-order valence-corrected chi connectivity index (χ3v) is 15.0. The largest absolute Gasteiger partial charge is 0.493 e. The highest BCUT2D eigenvalue weighted by Gasteiger charge is 2.40. The van der Waals surface area contributed by atoms with E-state index in [9.17, 15) is 36.8 Å². The number of benzene rings is 4. The van der Waals surface area contributed by atoms with Crippen LogP contribution in [0.2, 0.25) is 5.02 Å². The van der Waals surface area contributed by atoms with Crippen molar-refractivity contribution in [2.24, 2.45) is 7.05 Å². The lowest BCUT2D eigenvalue weighted by Crippen LogP contribution is -2.52. The predicted molar refractivity (Wildman–Crippen MR) is 267 cm³/mol. The first-order valence-corrected chi connectivity index (χ1v) is 26.3. The average Bonchev–Trinajstić information content (AvgIpc) is 3.94. The van der Waals surface area contributed by atoms with E-state index < -0.39 is 27.8 Å². The smallest absolute Gasteiger partial charge is 0.355 e. The highest BCUT2D eigenvalue weighted by Crippen LogP contribution is 2.42. The van der Waals surface area contributed by atoms with Gasteiger partial charge in [-0.15, -0.1) is 0 Å². The first-order valence-electron chi connectivity index (χ1n) is 23.9. The van der Waals surface area contributed by atoms with E-state index in [2.05, 4.69) is 10.2 Å². The van der Waals surface area contributed by atoms with E-state index in [1.165, 1.54) is 17.0 Å². The third kappa shape index (κ3) is 10.3. The van der Waals surface area contributed by atoms with Crippen molar-refractivity contribution < 1.29 is 51.0 Å². The highest BCUT2D eigenvalue weighted by molar-refractivity contribution is 7.90. The summed E-state index contributed by atoms with van der Waals surface area (Å²) in [6.45, 7) is 6.18. The Labute approximate surface area is 420 Å². The van der Waals surface area contributed by atoms with Crippen LogP contribution >= 0.6 is 11.6 Å². The minimum atomic E-state index is -3.46. The van der Waals surface area contributed by atoms with Crippen LogP contribution in [0.1, 0.15) is 62.6 Å². The minimum absolute atomic E-state index is 0.112. The Morgan fingerprint density at radius 2 is 1.65 bits per heavy atom. The second kappa shape index (κ2) is 20.7. The molecule has 9 rings (SSSR count). The van der Waals surface area contributed by atoms with Crippen molar-refractivity contribution in [1.82, 2.24) is 34.4 Å². The number of nitrogens with one attached hydrogen (secondary N) is 1.